The van der Waals surface area contributed by atoms with E-state index in [1.54, 1.807) is 0 Å². The molecule has 2 rings (SSSR count). The average Bonchev–Trinajstić information content (AvgIpc) is 2.41. The van der Waals surface area contributed by atoms with Gasteiger partial charge in [0.05, 0.1) is 0 Å². The maximum Gasteiger partial charge on any atom is 0.222 e. The first kappa shape index (κ1) is 14.0. The Bertz CT molecular complexity index is 527. The third-order valence-electron chi connectivity index (χ3n) is 2.81. The lowest BCUT2D eigenvalue weighted by Crippen LogP contribution is -2.20. The quantitative estimate of drug-likeness (QED) is 0.888. The Hall–Kier alpha value is -1.46. The van der Waals surface area contributed by atoms with Crippen molar-refractivity contribution in [3.63, 3.8) is 0 Å². The standard InChI is InChI=1S/C14H17BrN4/c1-10(6-7-16)19-14-17-8-11(9-18-14)12-4-2-3-5-13(12)15/h2-5,8-10H,6-7,16H2,1H3,(H,17,18,19). The summed E-state index contributed by atoms with van der Waals surface area (Å²) in [5.74, 6) is 0.636. The van der Waals surface area contributed by atoms with Gasteiger partial charge in [0.25, 0.3) is 0 Å². The van der Waals surface area contributed by atoms with Crippen molar-refractivity contribution in [2.45, 2.75) is 19.4 Å². The molecule has 4 nitrogen and oxygen atoms in total. The molecular formula is C14H17BrN4. The molecule has 1 atom stereocenters. The maximum atomic E-state index is 5.51. The monoisotopic (exact) mass is 320 g/mol. The molecule has 0 aliphatic rings. The van der Waals surface area contributed by atoms with Crippen LogP contribution in [0.3, 0.4) is 0 Å². The van der Waals surface area contributed by atoms with Gasteiger partial charge >= 0.3 is 0 Å². The van der Waals surface area contributed by atoms with Gasteiger partial charge in [-0.15, -0.1) is 0 Å². The SMILES string of the molecule is CC(CCN)Nc1ncc(-c2ccccc2Br)cn1. The summed E-state index contributed by atoms with van der Waals surface area (Å²) in [6.07, 6.45) is 4.55. The Balaban J connectivity index is 2.13. The number of hydrogen-bond acceptors (Lipinski definition) is 4. The van der Waals surface area contributed by atoms with Gasteiger partial charge in [0.15, 0.2) is 0 Å². The van der Waals surface area contributed by atoms with Gasteiger partial charge in [-0.1, -0.05) is 34.1 Å². The van der Waals surface area contributed by atoms with Crippen LogP contribution in [0.5, 0.6) is 0 Å². The first-order valence-corrected chi connectivity index (χ1v) is 7.03. The van der Waals surface area contributed by atoms with E-state index >= 15 is 0 Å². The van der Waals surface area contributed by atoms with E-state index < -0.39 is 0 Å². The van der Waals surface area contributed by atoms with Gasteiger partial charge in [-0.3, -0.25) is 0 Å². The Morgan fingerprint density at radius 3 is 2.58 bits per heavy atom. The molecule has 0 saturated carbocycles. The van der Waals surface area contributed by atoms with E-state index in [2.05, 4.69) is 38.1 Å². The van der Waals surface area contributed by atoms with Crippen LogP contribution in [-0.2, 0) is 0 Å². The van der Waals surface area contributed by atoms with Crippen molar-refractivity contribution in [2.24, 2.45) is 5.73 Å². The molecule has 0 aliphatic carbocycles. The van der Waals surface area contributed by atoms with Gasteiger partial charge < -0.3 is 11.1 Å². The first-order valence-electron chi connectivity index (χ1n) is 6.24. The molecule has 1 unspecified atom stereocenters. The fraction of sp³-hybridized carbons (Fsp3) is 0.286. The number of benzene rings is 1. The second-order valence-electron chi connectivity index (χ2n) is 4.40. The number of nitrogens with two attached hydrogens (primary N) is 1. The highest BCUT2D eigenvalue weighted by Gasteiger charge is 2.05. The number of aromatic nitrogens is 2. The molecule has 0 aliphatic heterocycles. The normalized spacial score (nSPS) is 12.2. The summed E-state index contributed by atoms with van der Waals surface area (Å²) in [6, 6.07) is 8.30. The molecule has 0 fully saturated rings. The fourth-order valence-electron chi connectivity index (χ4n) is 1.78. The summed E-state index contributed by atoms with van der Waals surface area (Å²) in [7, 11) is 0. The van der Waals surface area contributed by atoms with E-state index in [0.29, 0.717) is 12.5 Å². The van der Waals surface area contributed by atoms with Crippen molar-refractivity contribution in [3.05, 3.63) is 41.1 Å². The van der Waals surface area contributed by atoms with Crippen molar-refractivity contribution in [3.8, 4) is 11.1 Å². The smallest absolute Gasteiger partial charge is 0.222 e. The van der Waals surface area contributed by atoms with E-state index in [4.69, 9.17) is 5.73 Å². The summed E-state index contributed by atoms with van der Waals surface area (Å²) in [6.45, 7) is 2.72. The van der Waals surface area contributed by atoms with Crippen molar-refractivity contribution in [1.82, 2.24) is 9.97 Å². The number of anilines is 1. The Kier molecular flexibility index (Phi) is 4.87. The number of hydrogen-bond donors (Lipinski definition) is 2. The van der Waals surface area contributed by atoms with Crippen LogP contribution in [-0.4, -0.2) is 22.6 Å². The zero-order valence-electron chi connectivity index (χ0n) is 10.8. The van der Waals surface area contributed by atoms with Crippen LogP contribution in [0.1, 0.15) is 13.3 Å². The van der Waals surface area contributed by atoms with Crippen LogP contribution < -0.4 is 11.1 Å². The molecule has 0 radical (unpaired) electrons. The lowest BCUT2D eigenvalue weighted by molar-refractivity contribution is 0.709. The zero-order chi connectivity index (χ0) is 13.7. The average molecular weight is 321 g/mol. The molecule has 1 heterocycles. The second kappa shape index (κ2) is 6.63. The third-order valence-corrected chi connectivity index (χ3v) is 3.50. The predicted octanol–water partition coefficient (Wildman–Crippen LogP) is 3.06. The summed E-state index contributed by atoms with van der Waals surface area (Å²) >= 11 is 3.53. The Morgan fingerprint density at radius 2 is 1.95 bits per heavy atom. The molecule has 5 heteroatoms. The van der Waals surface area contributed by atoms with E-state index in [0.717, 1.165) is 22.0 Å². The highest BCUT2D eigenvalue weighted by atomic mass is 79.9. The van der Waals surface area contributed by atoms with Gasteiger partial charge in [-0.2, -0.15) is 0 Å². The first-order chi connectivity index (χ1) is 9.20. The molecule has 0 amide bonds. The van der Waals surface area contributed by atoms with Gasteiger partial charge in [0.1, 0.15) is 0 Å². The Labute approximate surface area is 121 Å². The molecule has 100 valence electrons. The van der Waals surface area contributed by atoms with Gasteiger partial charge in [0, 0.05) is 28.5 Å². The molecule has 3 N–H and O–H groups in total. The number of halogens is 1. The maximum absolute atomic E-state index is 5.51. The third kappa shape index (κ3) is 3.75. The minimum Gasteiger partial charge on any atom is -0.352 e. The summed E-state index contributed by atoms with van der Waals surface area (Å²) in [4.78, 5) is 8.67. The molecule has 0 saturated heterocycles. The summed E-state index contributed by atoms with van der Waals surface area (Å²) in [5, 5.41) is 3.22. The number of rotatable bonds is 5. The van der Waals surface area contributed by atoms with Crippen molar-refractivity contribution in [1.29, 1.82) is 0 Å². The fourth-order valence-corrected chi connectivity index (χ4v) is 2.29. The van der Waals surface area contributed by atoms with Crippen LogP contribution in [0.15, 0.2) is 41.1 Å². The lowest BCUT2D eigenvalue weighted by atomic mass is 10.1. The van der Waals surface area contributed by atoms with Crippen molar-refractivity contribution < 1.29 is 0 Å². The van der Waals surface area contributed by atoms with E-state index in [9.17, 15) is 0 Å². The van der Waals surface area contributed by atoms with Gasteiger partial charge in [-0.05, 0) is 31.5 Å². The Morgan fingerprint density at radius 1 is 1.26 bits per heavy atom. The molecule has 1 aromatic carbocycles. The van der Waals surface area contributed by atoms with Gasteiger partial charge in [0.2, 0.25) is 5.95 Å². The molecule has 1 aromatic heterocycles. The second-order valence-corrected chi connectivity index (χ2v) is 5.25. The molecule has 2 aromatic rings. The van der Waals surface area contributed by atoms with Crippen LogP contribution >= 0.6 is 15.9 Å². The highest BCUT2D eigenvalue weighted by Crippen LogP contribution is 2.26. The topological polar surface area (TPSA) is 63.8 Å². The van der Waals surface area contributed by atoms with Crippen LogP contribution in [0.25, 0.3) is 11.1 Å². The zero-order valence-corrected chi connectivity index (χ0v) is 12.4. The summed E-state index contributed by atoms with van der Waals surface area (Å²) in [5.41, 5.74) is 7.59. The van der Waals surface area contributed by atoms with Crippen molar-refractivity contribution >= 4 is 21.9 Å². The van der Waals surface area contributed by atoms with Crippen LogP contribution in [0.4, 0.5) is 5.95 Å². The van der Waals surface area contributed by atoms with Crippen molar-refractivity contribution in [2.75, 3.05) is 11.9 Å². The van der Waals surface area contributed by atoms with Gasteiger partial charge in [-0.25, -0.2) is 9.97 Å². The van der Waals surface area contributed by atoms with E-state index in [-0.39, 0.29) is 6.04 Å². The minimum atomic E-state index is 0.277. The molecule has 0 spiro atoms. The number of nitrogens with one attached hydrogen (secondary N) is 1. The van der Waals surface area contributed by atoms with E-state index in [1.807, 2.05) is 36.7 Å². The van der Waals surface area contributed by atoms with Crippen LogP contribution in [0.2, 0.25) is 0 Å². The molecule has 0 bridgehead atoms. The molecular weight excluding hydrogens is 304 g/mol. The van der Waals surface area contributed by atoms with E-state index in [1.165, 1.54) is 0 Å². The lowest BCUT2D eigenvalue weighted by Gasteiger charge is -2.12. The molecule has 19 heavy (non-hydrogen) atoms. The number of nitrogens with zero attached hydrogens (tertiary/aromatic N) is 2. The minimum absolute atomic E-state index is 0.277. The predicted molar refractivity (Wildman–Crippen MR) is 81.9 cm³/mol. The highest BCUT2D eigenvalue weighted by molar-refractivity contribution is 9.10. The largest absolute Gasteiger partial charge is 0.352 e. The van der Waals surface area contributed by atoms with Crippen LogP contribution in [0, 0.1) is 0 Å². The summed E-state index contributed by atoms with van der Waals surface area (Å²) < 4.78 is 1.04.